The fourth-order valence-electron chi connectivity index (χ4n) is 1.65. The molecule has 0 amide bonds. The second-order valence-electron chi connectivity index (χ2n) is 4.25. The van der Waals surface area contributed by atoms with Gasteiger partial charge in [0.2, 0.25) is 0 Å². The molecule has 0 fully saturated rings. The fraction of sp³-hybridized carbons (Fsp3) is 0.385. The molecule has 1 N–H and O–H groups in total. The number of rotatable bonds is 6. The molecule has 2 rings (SSSR count). The van der Waals surface area contributed by atoms with Gasteiger partial charge in [-0.15, -0.1) is 11.3 Å². The van der Waals surface area contributed by atoms with Gasteiger partial charge in [-0.2, -0.15) is 0 Å². The number of nitrogens with one attached hydrogen (secondary N) is 1. The van der Waals surface area contributed by atoms with Gasteiger partial charge in [-0.25, -0.2) is 9.97 Å². The lowest BCUT2D eigenvalue weighted by Crippen LogP contribution is -2.09. The molecule has 114 valence electrons. The molecule has 2 aromatic heterocycles. The van der Waals surface area contributed by atoms with E-state index >= 15 is 0 Å². The Morgan fingerprint density at radius 1 is 1.38 bits per heavy atom. The van der Waals surface area contributed by atoms with Crippen LogP contribution in [0.1, 0.15) is 19.0 Å². The highest BCUT2D eigenvalue weighted by Crippen LogP contribution is 2.37. The molecule has 0 aliphatic rings. The van der Waals surface area contributed by atoms with Gasteiger partial charge >= 0.3 is 0 Å². The Balaban J connectivity index is 2.47. The lowest BCUT2D eigenvalue weighted by Gasteiger charge is -2.11. The van der Waals surface area contributed by atoms with Gasteiger partial charge in [0.15, 0.2) is 5.82 Å². The van der Waals surface area contributed by atoms with Crippen molar-refractivity contribution in [2.24, 2.45) is 0 Å². The third kappa shape index (κ3) is 4.37. The average molecular weight is 547 g/mol. The summed E-state index contributed by atoms with van der Waals surface area (Å²) < 4.78 is 8.32. The lowest BCUT2D eigenvalue weighted by molar-refractivity contribution is 0.181. The van der Waals surface area contributed by atoms with Crippen molar-refractivity contribution in [3.63, 3.8) is 0 Å². The molecule has 0 saturated heterocycles. The molecule has 0 atom stereocenters. The minimum atomic E-state index is 0.475. The first-order valence-corrected chi connectivity index (χ1v) is 9.79. The number of halogens is 3. The van der Waals surface area contributed by atoms with Crippen LogP contribution in [0.4, 0.5) is 5.82 Å². The highest BCUT2D eigenvalue weighted by Gasteiger charge is 2.15. The van der Waals surface area contributed by atoms with Crippen LogP contribution in [-0.2, 0) is 11.3 Å². The van der Waals surface area contributed by atoms with E-state index in [1.54, 1.807) is 18.4 Å². The lowest BCUT2D eigenvalue weighted by atomic mass is 10.3. The maximum absolute atomic E-state index is 5.25. The van der Waals surface area contributed by atoms with Crippen LogP contribution >= 0.6 is 65.8 Å². The van der Waals surface area contributed by atoms with Crippen LogP contribution in [0.3, 0.4) is 0 Å². The van der Waals surface area contributed by atoms with Gasteiger partial charge in [-0.05, 0) is 66.9 Å². The summed E-state index contributed by atoms with van der Waals surface area (Å²) in [6.07, 6.45) is 1.05. The minimum absolute atomic E-state index is 0.475. The van der Waals surface area contributed by atoms with Crippen molar-refractivity contribution in [2.75, 3.05) is 19.0 Å². The molecule has 0 radical (unpaired) electrons. The maximum atomic E-state index is 5.25. The number of thiophene rings is 1. The van der Waals surface area contributed by atoms with Crippen LogP contribution in [0.15, 0.2) is 14.3 Å². The predicted molar refractivity (Wildman–Crippen MR) is 103 cm³/mol. The number of hydrogen-bond acceptors (Lipinski definition) is 5. The molecule has 8 heteroatoms. The van der Waals surface area contributed by atoms with Crippen molar-refractivity contribution in [1.82, 2.24) is 9.97 Å². The van der Waals surface area contributed by atoms with E-state index in [2.05, 4.69) is 76.7 Å². The molecule has 0 aliphatic carbocycles. The first-order valence-electron chi connectivity index (χ1n) is 6.31. The smallest absolute Gasteiger partial charge is 0.172 e. The summed E-state index contributed by atoms with van der Waals surface area (Å²) in [6, 6.07) is 2.02. The van der Waals surface area contributed by atoms with Crippen molar-refractivity contribution in [1.29, 1.82) is 0 Å². The van der Waals surface area contributed by atoms with Crippen LogP contribution in [0, 0.1) is 3.57 Å². The van der Waals surface area contributed by atoms with Crippen LogP contribution in [0.2, 0.25) is 0 Å². The number of hydrogen-bond donors (Lipinski definition) is 1. The Labute approximate surface area is 158 Å². The summed E-state index contributed by atoms with van der Waals surface area (Å²) in [5, 5.41) is 3.36. The van der Waals surface area contributed by atoms with Crippen molar-refractivity contribution in [3.8, 4) is 10.7 Å². The zero-order valence-corrected chi connectivity index (χ0v) is 17.7. The molecule has 0 spiro atoms. The Hall–Kier alpha value is 0.230. The Kier molecular flexibility index (Phi) is 6.85. The molecule has 0 bridgehead atoms. The van der Waals surface area contributed by atoms with Crippen molar-refractivity contribution in [2.45, 2.75) is 20.0 Å². The topological polar surface area (TPSA) is 47.0 Å². The summed E-state index contributed by atoms with van der Waals surface area (Å²) in [4.78, 5) is 10.3. The largest absolute Gasteiger partial charge is 0.378 e. The SMILES string of the molecule is CCCNc1nc(-c2cc(Br)c(Br)s2)nc(COC)c1I. The van der Waals surface area contributed by atoms with E-state index in [-0.39, 0.29) is 0 Å². The molecule has 21 heavy (non-hydrogen) atoms. The Morgan fingerprint density at radius 3 is 2.71 bits per heavy atom. The van der Waals surface area contributed by atoms with Crippen molar-refractivity contribution >= 4 is 71.6 Å². The Morgan fingerprint density at radius 2 is 2.14 bits per heavy atom. The summed E-state index contributed by atoms with van der Waals surface area (Å²) in [5.41, 5.74) is 0.905. The third-order valence-electron chi connectivity index (χ3n) is 2.61. The van der Waals surface area contributed by atoms with E-state index in [0.29, 0.717) is 6.61 Å². The monoisotopic (exact) mass is 545 g/mol. The zero-order chi connectivity index (χ0) is 15.4. The first kappa shape index (κ1) is 17.6. The van der Waals surface area contributed by atoms with Crippen LogP contribution in [0.25, 0.3) is 10.7 Å². The van der Waals surface area contributed by atoms with Crippen molar-refractivity contribution < 1.29 is 4.74 Å². The summed E-state index contributed by atoms with van der Waals surface area (Å²) in [6.45, 7) is 3.49. The van der Waals surface area contributed by atoms with Gasteiger partial charge in [0.1, 0.15) is 5.82 Å². The molecular formula is C13H14Br2IN3OS. The Bertz CT molecular complexity index is 617. The van der Waals surface area contributed by atoms with Crippen LogP contribution in [0.5, 0.6) is 0 Å². The number of aromatic nitrogens is 2. The van der Waals surface area contributed by atoms with Gasteiger partial charge in [0, 0.05) is 18.1 Å². The number of methoxy groups -OCH3 is 1. The van der Waals surface area contributed by atoms with Crippen LogP contribution in [-0.4, -0.2) is 23.6 Å². The highest BCUT2D eigenvalue weighted by molar-refractivity contribution is 14.1. The summed E-state index contributed by atoms with van der Waals surface area (Å²) in [7, 11) is 1.68. The first-order chi connectivity index (χ1) is 10.1. The molecule has 2 aromatic rings. The third-order valence-corrected chi connectivity index (χ3v) is 6.99. The zero-order valence-electron chi connectivity index (χ0n) is 11.5. The number of anilines is 1. The van der Waals surface area contributed by atoms with E-state index in [0.717, 1.165) is 47.0 Å². The number of ether oxygens (including phenoxy) is 1. The standard InChI is InChI=1S/C13H14Br2IN3OS/c1-3-4-17-13-10(16)8(6-20-2)18-12(19-13)9-5-7(14)11(15)21-9/h5H,3-4,6H2,1-2H3,(H,17,18,19). The normalized spacial score (nSPS) is 10.9. The fourth-order valence-corrected chi connectivity index (χ4v) is 4.21. The van der Waals surface area contributed by atoms with Gasteiger partial charge < -0.3 is 10.1 Å². The van der Waals surface area contributed by atoms with Crippen LogP contribution < -0.4 is 5.32 Å². The van der Waals surface area contributed by atoms with Gasteiger partial charge in [0.05, 0.1) is 24.5 Å². The quantitative estimate of drug-likeness (QED) is 0.499. The molecular weight excluding hydrogens is 533 g/mol. The van der Waals surface area contributed by atoms with E-state index in [9.17, 15) is 0 Å². The molecule has 4 nitrogen and oxygen atoms in total. The van der Waals surface area contributed by atoms with E-state index < -0.39 is 0 Å². The highest BCUT2D eigenvalue weighted by atomic mass is 127. The molecule has 0 aliphatic heterocycles. The molecule has 0 saturated carbocycles. The minimum Gasteiger partial charge on any atom is -0.378 e. The molecule has 0 unspecified atom stereocenters. The van der Waals surface area contributed by atoms with E-state index in [1.807, 2.05) is 6.07 Å². The van der Waals surface area contributed by atoms with Gasteiger partial charge in [-0.3, -0.25) is 0 Å². The average Bonchev–Trinajstić information content (AvgIpc) is 2.80. The van der Waals surface area contributed by atoms with Crippen molar-refractivity contribution in [3.05, 3.63) is 23.6 Å². The summed E-state index contributed by atoms with van der Waals surface area (Å²) in [5.74, 6) is 1.59. The van der Waals surface area contributed by atoms with Gasteiger partial charge in [0.25, 0.3) is 0 Å². The summed E-state index contributed by atoms with van der Waals surface area (Å²) >= 11 is 10.9. The second-order valence-corrected chi connectivity index (χ2v) is 8.55. The molecule has 2 heterocycles. The maximum Gasteiger partial charge on any atom is 0.172 e. The van der Waals surface area contributed by atoms with E-state index in [1.165, 1.54) is 0 Å². The molecule has 0 aromatic carbocycles. The van der Waals surface area contributed by atoms with E-state index in [4.69, 9.17) is 4.74 Å². The predicted octanol–water partition coefficient (Wildman–Crippen LogP) is 5.30. The second kappa shape index (κ2) is 8.19. The number of nitrogens with zero attached hydrogens (tertiary/aromatic N) is 2. The van der Waals surface area contributed by atoms with Gasteiger partial charge in [-0.1, -0.05) is 6.92 Å².